The third-order valence-corrected chi connectivity index (χ3v) is 2.94. The molecule has 4 nitrogen and oxygen atoms in total. The highest BCUT2D eigenvalue weighted by Crippen LogP contribution is 2.31. The van der Waals surface area contributed by atoms with Gasteiger partial charge in [0, 0.05) is 11.0 Å². The first-order valence-electron chi connectivity index (χ1n) is 5.00. The zero-order chi connectivity index (χ0) is 12.8. The molecule has 0 aromatic heterocycles. The van der Waals surface area contributed by atoms with Crippen LogP contribution in [0.25, 0.3) is 0 Å². The van der Waals surface area contributed by atoms with E-state index in [1.54, 1.807) is 6.92 Å². The molecule has 0 saturated carbocycles. The molecule has 0 fully saturated rings. The Morgan fingerprint density at radius 3 is 2.82 bits per heavy atom. The van der Waals surface area contributed by atoms with Crippen molar-refractivity contribution in [1.29, 1.82) is 0 Å². The van der Waals surface area contributed by atoms with Crippen molar-refractivity contribution in [3.05, 3.63) is 17.9 Å². The highest BCUT2D eigenvalue weighted by molar-refractivity contribution is 8.00. The lowest BCUT2D eigenvalue weighted by atomic mass is 10.3. The molecule has 94 valence electrons. The molecule has 1 aromatic carbocycles. The second-order valence-corrected chi connectivity index (χ2v) is 4.14. The van der Waals surface area contributed by atoms with Crippen molar-refractivity contribution >= 4 is 23.4 Å². The molecule has 0 aliphatic heterocycles. The van der Waals surface area contributed by atoms with E-state index in [0.29, 0.717) is 17.3 Å². The molecule has 1 aromatic rings. The SMILES string of the molecule is CCOC(=O)CSc1cc(OC)c(N)cc1F. The highest BCUT2D eigenvalue weighted by atomic mass is 32.2. The summed E-state index contributed by atoms with van der Waals surface area (Å²) in [6, 6.07) is 2.64. The Kier molecular flexibility index (Phi) is 5.09. The number of ether oxygens (including phenoxy) is 2. The van der Waals surface area contributed by atoms with Crippen LogP contribution in [0.15, 0.2) is 17.0 Å². The Morgan fingerprint density at radius 1 is 1.53 bits per heavy atom. The van der Waals surface area contributed by atoms with Gasteiger partial charge in [-0.1, -0.05) is 0 Å². The lowest BCUT2D eigenvalue weighted by Gasteiger charge is -2.08. The standard InChI is InChI=1S/C11H14FNO3S/c1-3-16-11(14)6-17-10-5-9(15-2)8(13)4-7(10)12/h4-5H,3,6,13H2,1-2H3. The van der Waals surface area contributed by atoms with Gasteiger partial charge in [-0.05, 0) is 13.0 Å². The molecule has 2 N–H and O–H groups in total. The second-order valence-electron chi connectivity index (χ2n) is 3.12. The molecule has 0 amide bonds. The Hall–Kier alpha value is -1.43. The summed E-state index contributed by atoms with van der Waals surface area (Å²) in [6.45, 7) is 2.03. The molecule has 0 unspecified atom stereocenters. The molecule has 0 atom stereocenters. The maximum absolute atomic E-state index is 13.5. The van der Waals surface area contributed by atoms with E-state index >= 15 is 0 Å². The molecule has 6 heteroatoms. The number of nitrogens with two attached hydrogens (primary N) is 1. The van der Waals surface area contributed by atoms with Gasteiger partial charge >= 0.3 is 5.97 Å². The fourth-order valence-electron chi connectivity index (χ4n) is 1.18. The summed E-state index contributed by atoms with van der Waals surface area (Å²) in [5, 5.41) is 0. The lowest BCUT2D eigenvalue weighted by Crippen LogP contribution is -2.06. The van der Waals surface area contributed by atoms with Crippen molar-refractivity contribution in [2.24, 2.45) is 0 Å². The summed E-state index contributed by atoms with van der Waals surface area (Å²) < 4.78 is 23.2. The molecule has 0 aliphatic carbocycles. The normalized spacial score (nSPS) is 10.1. The zero-order valence-corrected chi connectivity index (χ0v) is 10.5. The molecule has 0 heterocycles. The minimum absolute atomic E-state index is 0.0534. The number of hydrogen-bond acceptors (Lipinski definition) is 5. The monoisotopic (exact) mass is 259 g/mol. The van der Waals surface area contributed by atoms with Gasteiger partial charge in [-0.15, -0.1) is 11.8 Å². The quantitative estimate of drug-likeness (QED) is 0.498. The molecular weight excluding hydrogens is 245 g/mol. The number of benzene rings is 1. The zero-order valence-electron chi connectivity index (χ0n) is 9.66. The van der Waals surface area contributed by atoms with Crippen LogP contribution in [0.4, 0.5) is 10.1 Å². The van der Waals surface area contributed by atoms with Crippen molar-refractivity contribution in [3.63, 3.8) is 0 Å². The Labute approximate surface area is 103 Å². The van der Waals surface area contributed by atoms with Gasteiger partial charge in [-0.3, -0.25) is 4.79 Å². The number of anilines is 1. The topological polar surface area (TPSA) is 61.5 Å². The Bertz CT molecular complexity index is 412. The van der Waals surface area contributed by atoms with E-state index in [4.69, 9.17) is 15.2 Å². The summed E-state index contributed by atoms with van der Waals surface area (Å²) in [5.74, 6) is -0.416. The van der Waals surface area contributed by atoms with E-state index in [9.17, 15) is 9.18 Å². The van der Waals surface area contributed by atoms with E-state index in [1.165, 1.54) is 19.2 Å². The summed E-state index contributed by atoms with van der Waals surface area (Å²) in [5.41, 5.74) is 5.77. The van der Waals surface area contributed by atoms with Crippen molar-refractivity contribution in [3.8, 4) is 5.75 Å². The molecule has 0 bridgehead atoms. The number of halogens is 1. The van der Waals surface area contributed by atoms with Gasteiger partial charge in [0.25, 0.3) is 0 Å². The van der Waals surface area contributed by atoms with Gasteiger partial charge in [-0.2, -0.15) is 0 Å². The van der Waals surface area contributed by atoms with Crippen LogP contribution < -0.4 is 10.5 Å². The third kappa shape index (κ3) is 3.81. The van der Waals surface area contributed by atoms with Crippen LogP contribution in [0.3, 0.4) is 0 Å². The number of rotatable bonds is 5. The fourth-order valence-corrected chi connectivity index (χ4v) is 1.92. The van der Waals surface area contributed by atoms with E-state index in [1.807, 2.05) is 0 Å². The van der Waals surface area contributed by atoms with Crippen LogP contribution in [-0.4, -0.2) is 25.4 Å². The van der Waals surface area contributed by atoms with Gasteiger partial charge in [-0.25, -0.2) is 4.39 Å². The number of carbonyl (C=O) groups excluding carboxylic acids is 1. The van der Waals surface area contributed by atoms with E-state index in [2.05, 4.69) is 0 Å². The largest absolute Gasteiger partial charge is 0.495 e. The molecule has 17 heavy (non-hydrogen) atoms. The molecule has 0 aliphatic rings. The molecule has 0 radical (unpaired) electrons. The lowest BCUT2D eigenvalue weighted by molar-refractivity contribution is -0.139. The predicted octanol–water partition coefficient (Wildman–Crippen LogP) is 2.07. The van der Waals surface area contributed by atoms with Gasteiger partial charge in [0.15, 0.2) is 0 Å². The number of methoxy groups -OCH3 is 1. The number of hydrogen-bond donors (Lipinski definition) is 1. The second kappa shape index (κ2) is 6.34. The van der Waals surface area contributed by atoms with Crippen molar-refractivity contribution in [1.82, 2.24) is 0 Å². The smallest absolute Gasteiger partial charge is 0.316 e. The molecule has 1 rings (SSSR count). The summed E-state index contributed by atoms with van der Waals surface area (Å²) in [7, 11) is 1.45. The molecular formula is C11H14FNO3S. The fraction of sp³-hybridized carbons (Fsp3) is 0.364. The van der Waals surface area contributed by atoms with E-state index in [0.717, 1.165) is 11.8 Å². The van der Waals surface area contributed by atoms with Crippen molar-refractivity contribution in [2.75, 3.05) is 25.2 Å². The average Bonchev–Trinajstić information content (AvgIpc) is 2.28. The van der Waals surface area contributed by atoms with E-state index in [-0.39, 0.29) is 17.4 Å². The van der Waals surface area contributed by atoms with Crippen molar-refractivity contribution in [2.45, 2.75) is 11.8 Å². The van der Waals surface area contributed by atoms with Crippen LogP contribution in [0.2, 0.25) is 0 Å². The summed E-state index contributed by atoms with van der Waals surface area (Å²) in [4.78, 5) is 11.4. The van der Waals surface area contributed by atoms with Crippen LogP contribution in [0, 0.1) is 5.82 Å². The number of thioether (sulfide) groups is 1. The van der Waals surface area contributed by atoms with Crippen molar-refractivity contribution < 1.29 is 18.7 Å². The maximum Gasteiger partial charge on any atom is 0.316 e. The van der Waals surface area contributed by atoms with Crippen LogP contribution in [0.1, 0.15) is 6.92 Å². The Balaban J connectivity index is 2.74. The van der Waals surface area contributed by atoms with E-state index < -0.39 is 5.82 Å². The van der Waals surface area contributed by atoms with Gasteiger partial charge < -0.3 is 15.2 Å². The van der Waals surface area contributed by atoms with Gasteiger partial charge in [0.1, 0.15) is 11.6 Å². The first-order chi connectivity index (χ1) is 8.08. The van der Waals surface area contributed by atoms with Crippen LogP contribution >= 0.6 is 11.8 Å². The maximum atomic E-state index is 13.5. The third-order valence-electron chi connectivity index (χ3n) is 1.94. The number of carbonyl (C=O) groups is 1. The minimum atomic E-state index is -0.474. The first kappa shape index (κ1) is 13.6. The van der Waals surface area contributed by atoms with Gasteiger partial charge in [0.2, 0.25) is 0 Å². The Morgan fingerprint density at radius 2 is 2.24 bits per heavy atom. The molecule has 0 saturated heterocycles. The first-order valence-corrected chi connectivity index (χ1v) is 5.98. The predicted molar refractivity (Wildman–Crippen MR) is 64.7 cm³/mol. The summed E-state index contributed by atoms with van der Waals surface area (Å²) in [6.07, 6.45) is 0. The van der Waals surface area contributed by atoms with Gasteiger partial charge in [0.05, 0.1) is 25.2 Å². The molecule has 0 spiro atoms. The highest BCUT2D eigenvalue weighted by Gasteiger charge is 2.11. The number of nitrogen functional groups attached to an aromatic ring is 1. The number of esters is 1. The summed E-state index contributed by atoms with van der Waals surface area (Å²) >= 11 is 1.05. The average molecular weight is 259 g/mol. The minimum Gasteiger partial charge on any atom is -0.495 e. The van der Waals surface area contributed by atoms with Crippen LogP contribution in [0.5, 0.6) is 5.75 Å². The van der Waals surface area contributed by atoms with Crippen LogP contribution in [-0.2, 0) is 9.53 Å².